The second-order valence-electron chi connectivity index (χ2n) is 5.56. The molecule has 0 atom stereocenters. The molecule has 2 aromatic rings. The van der Waals surface area contributed by atoms with Crippen molar-refractivity contribution < 1.29 is 9.59 Å². The molecule has 0 saturated carbocycles. The van der Waals surface area contributed by atoms with Gasteiger partial charge in [0.1, 0.15) is 0 Å². The lowest BCUT2D eigenvalue weighted by Gasteiger charge is -2.13. The van der Waals surface area contributed by atoms with Gasteiger partial charge in [-0.15, -0.1) is 0 Å². The topological polar surface area (TPSA) is 58.2 Å². The van der Waals surface area contributed by atoms with Gasteiger partial charge in [-0.2, -0.15) is 0 Å². The lowest BCUT2D eigenvalue weighted by atomic mass is 10.1. The van der Waals surface area contributed by atoms with E-state index >= 15 is 0 Å². The van der Waals surface area contributed by atoms with Crippen molar-refractivity contribution in [3.05, 3.63) is 64.7 Å². The lowest BCUT2D eigenvalue weighted by molar-refractivity contribution is -0.115. The number of hydrogen-bond donors (Lipinski definition) is 2. The van der Waals surface area contributed by atoms with Crippen molar-refractivity contribution in [1.29, 1.82) is 0 Å². The van der Waals surface area contributed by atoms with Gasteiger partial charge in [-0.25, -0.2) is 0 Å². The van der Waals surface area contributed by atoms with Crippen molar-refractivity contribution in [2.24, 2.45) is 0 Å². The van der Waals surface area contributed by atoms with E-state index in [2.05, 4.69) is 10.6 Å². The third-order valence-corrected chi connectivity index (χ3v) is 3.69. The highest BCUT2D eigenvalue weighted by molar-refractivity contribution is 5.99. The molecule has 2 N–H and O–H groups in total. The molecule has 2 amide bonds. The fourth-order valence-corrected chi connectivity index (χ4v) is 2.43. The summed E-state index contributed by atoms with van der Waals surface area (Å²) >= 11 is 0. The molecule has 0 radical (unpaired) electrons. The maximum Gasteiger partial charge on any atom is 0.251 e. The number of anilines is 1. The summed E-state index contributed by atoms with van der Waals surface area (Å²) in [6.07, 6.45) is 0.840. The molecule has 0 bridgehead atoms. The number of nitrogens with one attached hydrogen (secondary N) is 2. The summed E-state index contributed by atoms with van der Waals surface area (Å²) in [6.45, 7) is 5.88. The van der Waals surface area contributed by atoms with Gasteiger partial charge in [0.15, 0.2) is 0 Å². The number of amides is 2. The van der Waals surface area contributed by atoms with Crippen LogP contribution in [0.25, 0.3) is 0 Å². The summed E-state index contributed by atoms with van der Waals surface area (Å²) in [6, 6.07) is 13.2. The zero-order valence-corrected chi connectivity index (χ0v) is 13.8. The zero-order valence-electron chi connectivity index (χ0n) is 13.8. The SMILES string of the molecule is CCc1cccc(C)c1NC(=O)CNC(=O)c1cccc(C)c1. The van der Waals surface area contributed by atoms with E-state index in [9.17, 15) is 9.59 Å². The molecule has 2 aromatic carbocycles. The first-order valence-corrected chi connectivity index (χ1v) is 7.74. The predicted molar refractivity (Wildman–Crippen MR) is 92.7 cm³/mol. The summed E-state index contributed by atoms with van der Waals surface area (Å²) in [5.41, 5.74) is 4.51. The van der Waals surface area contributed by atoms with Crippen molar-refractivity contribution in [2.75, 3.05) is 11.9 Å². The van der Waals surface area contributed by atoms with E-state index in [4.69, 9.17) is 0 Å². The Morgan fingerprint density at radius 1 is 1.04 bits per heavy atom. The highest BCUT2D eigenvalue weighted by atomic mass is 16.2. The lowest BCUT2D eigenvalue weighted by Crippen LogP contribution is -2.33. The normalized spacial score (nSPS) is 10.2. The molecule has 2 rings (SSSR count). The molecule has 0 fully saturated rings. The summed E-state index contributed by atoms with van der Waals surface area (Å²) in [5, 5.41) is 5.55. The molecule has 23 heavy (non-hydrogen) atoms. The van der Waals surface area contributed by atoms with Crippen molar-refractivity contribution in [3.63, 3.8) is 0 Å². The first kappa shape index (κ1) is 16.7. The molecule has 0 unspecified atom stereocenters. The van der Waals surface area contributed by atoms with Crippen LogP contribution in [0.4, 0.5) is 5.69 Å². The fourth-order valence-electron chi connectivity index (χ4n) is 2.43. The van der Waals surface area contributed by atoms with E-state index in [0.29, 0.717) is 5.56 Å². The molecule has 0 spiro atoms. The smallest absolute Gasteiger partial charge is 0.251 e. The first-order chi connectivity index (χ1) is 11.0. The number of hydrogen-bond acceptors (Lipinski definition) is 2. The quantitative estimate of drug-likeness (QED) is 0.891. The maximum atomic E-state index is 12.1. The number of carbonyl (C=O) groups excluding carboxylic acids is 2. The molecular weight excluding hydrogens is 288 g/mol. The van der Waals surface area contributed by atoms with Gasteiger partial charge in [0.05, 0.1) is 6.54 Å². The standard InChI is InChI=1S/C19H22N2O2/c1-4-15-9-6-8-14(3)18(15)21-17(22)12-20-19(23)16-10-5-7-13(2)11-16/h5-11H,4,12H2,1-3H3,(H,20,23)(H,21,22). The van der Waals surface area contributed by atoms with Gasteiger partial charge >= 0.3 is 0 Å². The van der Waals surface area contributed by atoms with Crippen LogP contribution in [0.3, 0.4) is 0 Å². The molecule has 0 aromatic heterocycles. The highest BCUT2D eigenvalue weighted by Crippen LogP contribution is 2.20. The van der Waals surface area contributed by atoms with E-state index < -0.39 is 0 Å². The van der Waals surface area contributed by atoms with E-state index in [-0.39, 0.29) is 18.4 Å². The Kier molecular flexibility index (Phi) is 5.52. The summed E-state index contributed by atoms with van der Waals surface area (Å²) in [5.74, 6) is -0.473. The van der Waals surface area contributed by atoms with Crippen LogP contribution in [-0.4, -0.2) is 18.4 Å². The molecule has 4 nitrogen and oxygen atoms in total. The summed E-state index contributed by atoms with van der Waals surface area (Å²) in [4.78, 5) is 24.2. The van der Waals surface area contributed by atoms with E-state index in [0.717, 1.165) is 28.8 Å². The largest absolute Gasteiger partial charge is 0.343 e. The summed E-state index contributed by atoms with van der Waals surface area (Å²) in [7, 11) is 0. The van der Waals surface area contributed by atoms with Crippen molar-refractivity contribution >= 4 is 17.5 Å². The summed E-state index contributed by atoms with van der Waals surface area (Å²) < 4.78 is 0. The van der Waals surface area contributed by atoms with Crippen LogP contribution in [0.2, 0.25) is 0 Å². The predicted octanol–water partition coefficient (Wildman–Crippen LogP) is 3.23. The van der Waals surface area contributed by atoms with Crippen molar-refractivity contribution in [1.82, 2.24) is 5.32 Å². The van der Waals surface area contributed by atoms with Gasteiger partial charge in [0, 0.05) is 11.3 Å². The van der Waals surface area contributed by atoms with Gasteiger partial charge in [-0.1, -0.05) is 42.8 Å². The van der Waals surface area contributed by atoms with Gasteiger partial charge < -0.3 is 10.6 Å². The van der Waals surface area contributed by atoms with Gasteiger partial charge in [-0.3, -0.25) is 9.59 Å². The van der Waals surface area contributed by atoms with Gasteiger partial charge in [0.2, 0.25) is 5.91 Å². The molecular formula is C19H22N2O2. The first-order valence-electron chi connectivity index (χ1n) is 7.74. The van der Waals surface area contributed by atoms with Gasteiger partial charge in [-0.05, 0) is 43.5 Å². The Morgan fingerprint density at radius 2 is 1.78 bits per heavy atom. The number of carbonyl (C=O) groups is 2. The second-order valence-corrected chi connectivity index (χ2v) is 5.56. The third-order valence-electron chi connectivity index (χ3n) is 3.69. The molecule has 4 heteroatoms. The van der Waals surface area contributed by atoms with E-state index in [1.807, 2.05) is 51.1 Å². The average Bonchev–Trinajstić information content (AvgIpc) is 2.54. The van der Waals surface area contributed by atoms with Crippen LogP contribution in [-0.2, 0) is 11.2 Å². The Bertz CT molecular complexity index is 723. The molecule has 0 heterocycles. The van der Waals surface area contributed by atoms with Crippen LogP contribution in [0.5, 0.6) is 0 Å². The number of para-hydroxylation sites is 1. The van der Waals surface area contributed by atoms with Crippen LogP contribution >= 0.6 is 0 Å². The molecule has 0 aliphatic heterocycles. The van der Waals surface area contributed by atoms with Crippen LogP contribution in [0, 0.1) is 13.8 Å². The van der Waals surface area contributed by atoms with Crippen LogP contribution in [0.1, 0.15) is 34.0 Å². The second kappa shape index (κ2) is 7.58. The average molecular weight is 310 g/mol. The molecule has 0 saturated heterocycles. The minimum absolute atomic E-state index is 0.0513. The highest BCUT2D eigenvalue weighted by Gasteiger charge is 2.11. The Morgan fingerprint density at radius 3 is 2.48 bits per heavy atom. The number of rotatable bonds is 5. The van der Waals surface area contributed by atoms with Gasteiger partial charge in [0.25, 0.3) is 5.91 Å². The Hall–Kier alpha value is -2.62. The van der Waals surface area contributed by atoms with Crippen molar-refractivity contribution in [3.8, 4) is 0 Å². The zero-order chi connectivity index (χ0) is 16.8. The number of benzene rings is 2. The van der Waals surface area contributed by atoms with Crippen LogP contribution < -0.4 is 10.6 Å². The van der Waals surface area contributed by atoms with Crippen LogP contribution in [0.15, 0.2) is 42.5 Å². The molecule has 120 valence electrons. The minimum atomic E-state index is -0.246. The number of aryl methyl sites for hydroxylation is 3. The maximum absolute atomic E-state index is 12.1. The van der Waals surface area contributed by atoms with E-state index in [1.165, 1.54) is 0 Å². The molecule has 0 aliphatic rings. The third kappa shape index (κ3) is 4.42. The monoisotopic (exact) mass is 310 g/mol. The van der Waals surface area contributed by atoms with Crippen molar-refractivity contribution in [2.45, 2.75) is 27.2 Å². The fraction of sp³-hybridized carbons (Fsp3) is 0.263. The minimum Gasteiger partial charge on any atom is -0.343 e. The molecule has 0 aliphatic carbocycles. The Balaban J connectivity index is 1.97. The van der Waals surface area contributed by atoms with E-state index in [1.54, 1.807) is 12.1 Å². The Labute approximate surface area is 136 Å².